The number of rotatable bonds is 8. The van der Waals surface area contributed by atoms with Crippen LogP contribution in [0.3, 0.4) is 0 Å². The van der Waals surface area contributed by atoms with Gasteiger partial charge in [-0.1, -0.05) is 52.8 Å². The molecular weight excluding hydrogens is 283 g/mol. The summed E-state index contributed by atoms with van der Waals surface area (Å²) in [6, 6.07) is 9.24. The van der Waals surface area contributed by atoms with Crippen LogP contribution >= 0.6 is 7.60 Å². The highest BCUT2D eigenvalue weighted by molar-refractivity contribution is 7.62. The van der Waals surface area contributed by atoms with E-state index in [-0.39, 0.29) is 5.41 Å². The first-order valence-corrected chi connectivity index (χ1v) is 9.26. The quantitative estimate of drug-likeness (QED) is 0.632. The van der Waals surface area contributed by atoms with Crippen molar-refractivity contribution in [2.75, 3.05) is 13.2 Å². The summed E-state index contributed by atoms with van der Waals surface area (Å²) in [6.45, 7) is 11.6. The van der Waals surface area contributed by atoms with Gasteiger partial charge in [-0.05, 0) is 36.3 Å². The molecule has 0 aliphatic carbocycles. The van der Waals surface area contributed by atoms with Gasteiger partial charge >= 0.3 is 7.60 Å². The molecule has 0 aliphatic rings. The topological polar surface area (TPSA) is 35.5 Å². The van der Waals surface area contributed by atoms with E-state index in [2.05, 4.69) is 27.7 Å². The van der Waals surface area contributed by atoms with Gasteiger partial charge in [-0.3, -0.25) is 4.57 Å². The molecule has 0 N–H and O–H groups in total. The van der Waals surface area contributed by atoms with Crippen LogP contribution < -0.4 is 5.30 Å². The van der Waals surface area contributed by atoms with Crippen LogP contribution in [0.15, 0.2) is 30.3 Å². The van der Waals surface area contributed by atoms with Crippen LogP contribution in [0.2, 0.25) is 0 Å². The lowest BCUT2D eigenvalue weighted by atomic mass is 9.86. The standard InChI is InChI=1S/C17H29O3P/c1-6-12-19-21(18,16-10-8-7-9-11-16)20-14-15(2)13-17(3,4)5/h7-11,15H,6,12-14H2,1-5H3. The highest BCUT2D eigenvalue weighted by Crippen LogP contribution is 2.47. The predicted molar refractivity (Wildman–Crippen MR) is 89.1 cm³/mol. The van der Waals surface area contributed by atoms with E-state index in [0.29, 0.717) is 24.4 Å². The molecule has 0 bridgehead atoms. The zero-order valence-electron chi connectivity index (χ0n) is 14.0. The lowest BCUT2D eigenvalue weighted by Crippen LogP contribution is -2.18. The Hall–Kier alpha value is -0.630. The van der Waals surface area contributed by atoms with E-state index in [1.54, 1.807) is 0 Å². The fourth-order valence-corrected chi connectivity index (χ4v) is 4.12. The van der Waals surface area contributed by atoms with Gasteiger partial charge in [0, 0.05) is 0 Å². The summed E-state index contributed by atoms with van der Waals surface area (Å²) in [6.07, 6.45) is 1.84. The van der Waals surface area contributed by atoms with Crippen LogP contribution in [0.25, 0.3) is 0 Å². The van der Waals surface area contributed by atoms with E-state index >= 15 is 0 Å². The minimum absolute atomic E-state index is 0.240. The van der Waals surface area contributed by atoms with Gasteiger partial charge in [-0.25, -0.2) is 0 Å². The Morgan fingerprint density at radius 1 is 1.14 bits per heavy atom. The summed E-state index contributed by atoms with van der Waals surface area (Å²) < 4.78 is 24.3. The molecule has 0 spiro atoms. The van der Waals surface area contributed by atoms with Crippen molar-refractivity contribution in [2.24, 2.45) is 11.3 Å². The van der Waals surface area contributed by atoms with Crippen molar-refractivity contribution in [1.29, 1.82) is 0 Å². The first kappa shape index (κ1) is 18.4. The molecule has 1 rings (SSSR count). The lowest BCUT2D eigenvalue weighted by Gasteiger charge is -2.25. The van der Waals surface area contributed by atoms with Gasteiger partial charge < -0.3 is 9.05 Å². The van der Waals surface area contributed by atoms with Crippen molar-refractivity contribution in [3.8, 4) is 0 Å². The fraction of sp³-hybridized carbons (Fsp3) is 0.647. The Morgan fingerprint density at radius 2 is 1.76 bits per heavy atom. The average Bonchev–Trinajstić information content (AvgIpc) is 2.42. The number of benzene rings is 1. The number of hydrogen-bond acceptors (Lipinski definition) is 3. The van der Waals surface area contributed by atoms with Gasteiger partial charge in [0.2, 0.25) is 0 Å². The van der Waals surface area contributed by atoms with Gasteiger partial charge in [0.15, 0.2) is 0 Å². The van der Waals surface area contributed by atoms with E-state index in [1.165, 1.54) is 0 Å². The third-order valence-electron chi connectivity index (χ3n) is 3.03. The minimum Gasteiger partial charge on any atom is -0.305 e. The van der Waals surface area contributed by atoms with Crippen molar-refractivity contribution in [1.82, 2.24) is 0 Å². The maximum absolute atomic E-state index is 13.0. The summed E-state index contributed by atoms with van der Waals surface area (Å²) in [5.74, 6) is 0.340. The molecule has 2 unspecified atom stereocenters. The van der Waals surface area contributed by atoms with Crippen molar-refractivity contribution in [3.63, 3.8) is 0 Å². The summed E-state index contributed by atoms with van der Waals surface area (Å²) in [5.41, 5.74) is 0.240. The molecule has 0 aromatic heterocycles. The Kier molecular flexibility index (Phi) is 7.12. The molecule has 0 amide bonds. The second-order valence-corrected chi connectivity index (χ2v) is 8.86. The highest BCUT2D eigenvalue weighted by atomic mass is 31.2. The summed E-state index contributed by atoms with van der Waals surface area (Å²) in [5, 5.41) is 0.640. The Morgan fingerprint density at radius 3 is 2.29 bits per heavy atom. The molecule has 21 heavy (non-hydrogen) atoms. The lowest BCUT2D eigenvalue weighted by molar-refractivity contribution is 0.168. The first-order chi connectivity index (χ1) is 9.77. The van der Waals surface area contributed by atoms with E-state index in [0.717, 1.165) is 12.8 Å². The van der Waals surface area contributed by atoms with E-state index in [1.807, 2.05) is 37.3 Å². The molecule has 0 aliphatic heterocycles. The second-order valence-electron chi connectivity index (χ2n) is 6.83. The third-order valence-corrected chi connectivity index (χ3v) is 4.97. The van der Waals surface area contributed by atoms with Crippen molar-refractivity contribution in [2.45, 2.75) is 47.5 Å². The van der Waals surface area contributed by atoms with Gasteiger partial charge in [-0.15, -0.1) is 0 Å². The maximum atomic E-state index is 13.0. The maximum Gasteiger partial charge on any atom is 0.361 e. The normalized spacial score (nSPS) is 16.4. The van der Waals surface area contributed by atoms with Gasteiger partial charge in [-0.2, -0.15) is 0 Å². The molecule has 0 radical (unpaired) electrons. The van der Waals surface area contributed by atoms with E-state index in [9.17, 15) is 4.57 Å². The second kappa shape index (κ2) is 8.12. The average molecular weight is 312 g/mol. The van der Waals surface area contributed by atoms with Gasteiger partial charge in [0.1, 0.15) is 0 Å². The van der Waals surface area contributed by atoms with Gasteiger partial charge in [0.25, 0.3) is 0 Å². The Labute approximate surface area is 129 Å². The van der Waals surface area contributed by atoms with Crippen LogP contribution in [-0.2, 0) is 13.6 Å². The largest absolute Gasteiger partial charge is 0.361 e. The SMILES string of the molecule is CCCOP(=O)(OCC(C)CC(C)(C)C)c1ccccc1. The van der Waals surface area contributed by atoms with E-state index in [4.69, 9.17) is 9.05 Å². The summed E-state index contributed by atoms with van der Waals surface area (Å²) in [4.78, 5) is 0. The first-order valence-electron chi connectivity index (χ1n) is 7.71. The smallest absolute Gasteiger partial charge is 0.305 e. The molecule has 0 heterocycles. The minimum atomic E-state index is -3.21. The van der Waals surface area contributed by atoms with Crippen molar-refractivity contribution < 1.29 is 13.6 Å². The monoisotopic (exact) mass is 312 g/mol. The fourth-order valence-electron chi connectivity index (χ4n) is 2.34. The zero-order chi connectivity index (χ0) is 15.9. The van der Waals surface area contributed by atoms with Crippen LogP contribution in [0.5, 0.6) is 0 Å². The predicted octanol–water partition coefficient (Wildman–Crippen LogP) is 5.02. The number of hydrogen-bond donors (Lipinski definition) is 0. The van der Waals surface area contributed by atoms with E-state index < -0.39 is 7.60 Å². The zero-order valence-corrected chi connectivity index (χ0v) is 14.9. The molecule has 2 atom stereocenters. The van der Waals surface area contributed by atoms with Crippen LogP contribution in [-0.4, -0.2) is 13.2 Å². The molecular formula is C17H29O3P. The molecule has 1 aromatic rings. The van der Waals surface area contributed by atoms with Crippen molar-refractivity contribution >= 4 is 12.9 Å². The van der Waals surface area contributed by atoms with Crippen LogP contribution in [0.4, 0.5) is 0 Å². The molecule has 0 saturated carbocycles. The molecule has 120 valence electrons. The van der Waals surface area contributed by atoms with Gasteiger partial charge in [0.05, 0.1) is 18.5 Å². The van der Waals surface area contributed by atoms with Crippen LogP contribution in [0.1, 0.15) is 47.5 Å². The summed E-state index contributed by atoms with van der Waals surface area (Å²) in [7, 11) is -3.21. The Bertz CT molecular complexity index is 451. The van der Waals surface area contributed by atoms with Crippen molar-refractivity contribution in [3.05, 3.63) is 30.3 Å². The van der Waals surface area contributed by atoms with Crippen LogP contribution in [0, 0.1) is 11.3 Å². The Balaban J connectivity index is 2.73. The summed E-state index contributed by atoms with van der Waals surface area (Å²) >= 11 is 0. The molecule has 1 aromatic carbocycles. The molecule has 3 nitrogen and oxygen atoms in total. The molecule has 0 saturated heterocycles. The third kappa shape index (κ3) is 6.78. The molecule has 4 heteroatoms. The molecule has 0 fully saturated rings. The highest BCUT2D eigenvalue weighted by Gasteiger charge is 2.28.